The Hall–Kier alpha value is -1.75. The first kappa shape index (κ1) is 14.7. The highest BCUT2D eigenvalue weighted by Crippen LogP contribution is 2.27. The molecule has 1 saturated heterocycles. The first-order chi connectivity index (χ1) is 9.63. The van der Waals surface area contributed by atoms with Crippen LogP contribution in [0.4, 0.5) is 0 Å². The number of hydrogen-bond donors (Lipinski definition) is 2. The van der Waals surface area contributed by atoms with Gasteiger partial charge in [-0.05, 0) is 50.6 Å². The Morgan fingerprint density at radius 3 is 2.90 bits per heavy atom. The third-order valence-corrected chi connectivity index (χ3v) is 3.84. The van der Waals surface area contributed by atoms with E-state index < -0.39 is 0 Å². The maximum Gasteiger partial charge on any atom is 0.253 e. The van der Waals surface area contributed by atoms with Crippen LogP contribution in [0.2, 0.25) is 0 Å². The summed E-state index contributed by atoms with van der Waals surface area (Å²) in [6.45, 7) is 1.96. The van der Waals surface area contributed by atoms with Gasteiger partial charge in [0.15, 0.2) is 11.5 Å². The van der Waals surface area contributed by atoms with Crippen molar-refractivity contribution in [1.29, 1.82) is 0 Å². The lowest BCUT2D eigenvalue weighted by Gasteiger charge is -2.27. The molecule has 5 heteroatoms. The molecule has 0 radical (unpaired) electrons. The Morgan fingerprint density at radius 2 is 2.20 bits per heavy atom. The second-order valence-corrected chi connectivity index (χ2v) is 5.14. The summed E-state index contributed by atoms with van der Waals surface area (Å²) in [5, 5.41) is 13.1. The van der Waals surface area contributed by atoms with Crippen LogP contribution in [0.15, 0.2) is 18.2 Å². The molecule has 110 valence electrons. The van der Waals surface area contributed by atoms with E-state index in [2.05, 4.69) is 5.32 Å². The summed E-state index contributed by atoms with van der Waals surface area (Å²) in [6, 6.07) is 5.02. The van der Waals surface area contributed by atoms with Crippen LogP contribution >= 0.6 is 0 Å². The second-order valence-electron chi connectivity index (χ2n) is 5.14. The molecule has 1 aliphatic heterocycles. The van der Waals surface area contributed by atoms with Crippen molar-refractivity contribution in [3.8, 4) is 11.5 Å². The van der Waals surface area contributed by atoms with E-state index in [0.717, 1.165) is 32.4 Å². The molecule has 1 fully saturated rings. The van der Waals surface area contributed by atoms with Crippen molar-refractivity contribution < 1.29 is 14.6 Å². The molecule has 1 aromatic rings. The lowest BCUT2D eigenvalue weighted by Crippen LogP contribution is -2.37. The van der Waals surface area contributed by atoms with Crippen LogP contribution in [0.1, 0.15) is 29.6 Å². The first-order valence-electron chi connectivity index (χ1n) is 6.98. The van der Waals surface area contributed by atoms with E-state index in [4.69, 9.17) is 4.74 Å². The van der Waals surface area contributed by atoms with Crippen molar-refractivity contribution in [2.24, 2.45) is 0 Å². The maximum atomic E-state index is 12.5. The van der Waals surface area contributed by atoms with Gasteiger partial charge in [-0.25, -0.2) is 0 Å². The van der Waals surface area contributed by atoms with E-state index in [1.165, 1.54) is 13.2 Å². The van der Waals surface area contributed by atoms with Gasteiger partial charge in [0.1, 0.15) is 0 Å². The number of nitrogens with one attached hydrogen (secondary N) is 1. The van der Waals surface area contributed by atoms with Crippen molar-refractivity contribution in [3.63, 3.8) is 0 Å². The number of phenols is 1. The second kappa shape index (κ2) is 6.61. The van der Waals surface area contributed by atoms with Gasteiger partial charge in [0.05, 0.1) is 7.11 Å². The van der Waals surface area contributed by atoms with Crippen molar-refractivity contribution in [2.75, 3.05) is 27.2 Å². The highest BCUT2D eigenvalue weighted by molar-refractivity contribution is 5.95. The number of benzene rings is 1. The zero-order valence-electron chi connectivity index (χ0n) is 12.1. The number of hydrogen-bond acceptors (Lipinski definition) is 4. The molecule has 1 aliphatic rings. The third-order valence-electron chi connectivity index (χ3n) is 3.84. The lowest BCUT2D eigenvalue weighted by molar-refractivity contribution is 0.0720. The molecule has 0 saturated carbocycles. The monoisotopic (exact) mass is 278 g/mol. The van der Waals surface area contributed by atoms with E-state index in [-0.39, 0.29) is 17.7 Å². The van der Waals surface area contributed by atoms with E-state index in [1.54, 1.807) is 17.0 Å². The molecule has 1 amide bonds. The average molecular weight is 278 g/mol. The average Bonchev–Trinajstić information content (AvgIpc) is 2.74. The molecule has 0 bridgehead atoms. The molecule has 1 atom stereocenters. The number of phenolic OH excluding ortho intramolecular Hbond substituents is 1. The van der Waals surface area contributed by atoms with Crippen LogP contribution in [0.25, 0.3) is 0 Å². The SMILES string of the molecule is COc1ccc(C(=O)N(C)C2CCCNCC2)cc1O. The summed E-state index contributed by atoms with van der Waals surface area (Å²) >= 11 is 0. The molecule has 2 N–H and O–H groups in total. The standard InChI is InChI=1S/C15H22N2O3/c1-17(12-4-3-8-16-9-7-12)15(19)11-5-6-14(20-2)13(18)10-11/h5-6,10,12,16,18H,3-4,7-9H2,1-2H3. The molecule has 0 aromatic heterocycles. The summed E-state index contributed by atoms with van der Waals surface area (Å²) in [5.74, 6) is 0.312. The van der Waals surface area contributed by atoms with Gasteiger partial charge in [-0.2, -0.15) is 0 Å². The van der Waals surface area contributed by atoms with E-state index in [1.807, 2.05) is 7.05 Å². The Bertz CT molecular complexity index is 468. The molecule has 20 heavy (non-hydrogen) atoms. The Balaban J connectivity index is 2.11. The predicted octanol–water partition coefficient (Wildman–Crippen LogP) is 1.61. The van der Waals surface area contributed by atoms with Crippen molar-refractivity contribution in [2.45, 2.75) is 25.3 Å². The molecular weight excluding hydrogens is 256 g/mol. The Kier molecular flexibility index (Phi) is 4.84. The molecular formula is C15H22N2O3. The minimum Gasteiger partial charge on any atom is -0.504 e. The number of methoxy groups -OCH3 is 1. The van der Waals surface area contributed by atoms with Gasteiger partial charge < -0.3 is 20.1 Å². The summed E-state index contributed by atoms with van der Waals surface area (Å²) in [4.78, 5) is 14.2. The number of aromatic hydroxyl groups is 1. The van der Waals surface area contributed by atoms with Crippen LogP contribution in [0.5, 0.6) is 11.5 Å². The Labute approximate surface area is 119 Å². The van der Waals surface area contributed by atoms with Gasteiger partial charge in [-0.15, -0.1) is 0 Å². The molecule has 2 rings (SSSR count). The van der Waals surface area contributed by atoms with E-state index in [9.17, 15) is 9.90 Å². The zero-order chi connectivity index (χ0) is 14.5. The van der Waals surface area contributed by atoms with Gasteiger partial charge in [-0.1, -0.05) is 0 Å². The van der Waals surface area contributed by atoms with Crippen molar-refractivity contribution in [1.82, 2.24) is 10.2 Å². The lowest BCUT2D eigenvalue weighted by atomic mass is 10.1. The third kappa shape index (κ3) is 3.22. The smallest absolute Gasteiger partial charge is 0.253 e. The quantitative estimate of drug-likeness (QED) is 0.882. The summed E-state index contributed by atoms with van der Waals surface area (Å²) in [6.07, 6.45) is 3.05. The fourth-order valence-corrected chi connectivity index (χ4v) is 2.58. The fraction of sp³-hybridized carbons (Fsp3) is 0.533. The normalized spacial score (nSPS) is 19.2. The first-order valence-corrected chi connectivity index (χ1v) is 6.98. The Morgan fingerprint density at radius 1 is 1.40 bits per heavy atom. The van der Waals surface area contributed by atoms with E-state index >= 15 is 0 Å². The molecule has 1 aromatic carbocycles. The highest BCUT2D eigenvalue weighted by Gasteiger charge is 2.22. The van der Waals surface area contributed by atoms with Crippen LogP contribution in [0, 0.1) is 0 Å². The van der Waals surface area contributed by atoms with Crippen LogP contribution in [-0.2, 0) is 0 Å². The molecule has 1 heterocycles. The van der Waals surface area contributed by atoms with E-state index in [0.29, 0.717) is 11.3 Å². The molecule has 5 nitrogen and oxygen atoms in total. The predicted molar refractivity (Wildman–Crippen MR) is 77.3 cm³/mol. The number of rotatable bonds is 3. The van der Waals surface area contributed by atoms with Crippen LogP contribution < -0.4 is 10.1 Å². The van der Waals surface area contributed by atoms with Crippen LogP contribution in [0.3, 0.4) is 0 Å². The topological polar surface area (TPSA) is 61.8 Å². The number of carbonyl (C=O) groups is 1. The molecule has 1 unspecified atom stereocenters. The maximum absolute atomic E-state index is 12.5. The molecule has 0 spiro atoms. The largest absolute Gasteiger partial charge is 0.504 e. The highest BCUT2D eigenvalue weighted by atomic mass is 16.5. The van der Waals surface area contributed by atoms with Gasteiger partial charge in [0.25, 0.3) is 5.91 Å². The summed E-state index contributed by atoms with van der Waals surface area (Å²) in [7, 11) is 3.32. The summed E-state index contributed by atoms with van der Waals surface area (Å²) < 4.78 is 4.99. The zero-order valence-corrected chi connectivity index (χ0v) is 12.1. The number of amides is 1. The van der Waals surface area contributed by atoms with Gasteiger partial charge in [0.2, 0.25) is 0 Å². The minimum atomic E-state index is -0.0603. The minimum absolute atomic E-state index is 0.00529. The molecule has 0 aliphatic carbocycles. The summed E-state index contributed by atoms with van der Waals surface area (Å²) in [5.41, 5.74) is 0.489. The van der Waals surface area contributed by atoms with Gasteiger partial charge in [-0.3, -0.25) is 4.79 Å². The van der Waals surface area contributed by atoms with Gasteiger partial charge in [0, 0.05) is 18.7 Å². The fourth-order valence-electron chi connectivity index (χ4n) is 2.58. The number of nitrogens with zero attached hydrogens (tertiary/aromatic N) is 1. The van der Waals surface area contributed by atoms with Gasteiger partial charge >= 0.3 is 0 Å². The van der Waals surface area contributed by atoms with Crippen LogP contribution in [-0.4, -0.2) is 49.2 Å². The van der Waals surface area contributed by atoms with Crippen molar-refractivity contribution in [3.05, 3.63) is 23.8 Å². The number of ether oxygens (including phenoxy) is 1. The van der Waals surface area contributed by atoms with Crippen molar-refractivity contribution >= 4 is 5.91 Å². The number of carbonyl (C=O) groups excluding carboxylic acids is 1.